The summed E-state index contributed by atoms with van der Waals surface area (Å²) in [5.74, 6) is 0.305. The smallest absolute Gasteiger partial charge is 0.243 e. The van der Waals surface area contributed by atoms with E-state index in [0.29, 0.717) is 0 Å². The molecule has 3 nitrogen and oxygen atoms in total. The van der Waals surface area contributed by atoms with E-state index in [1.807, 2.05) is 0 Å². The second kappa shape index (κ2) is 4.11. The van der Waals surface area contributed by atoms with E-state index < -0.39 is 0 Å². The molecule has 1 aliphatic carbocycles. The van der Waals surface area contributed by atoms with Crippen LogP contribution < -0.4 is 5.43 Å². The number of hydrogen-bond acceptors (Lipinski definition) is 2. The molecule has 0 unspecified atom stereocenters. The summed E-state index contributed by atoms with van der Waals surface area (Å²) >= 11 is 0. The number of rotatable bonds is 2. The number of hydrogen-bond donors (Lipinski definition) is 1. The fourth-order valence-electron chi connectivity index (χ4n) is 1.41. The lowest BCUT2D eigenvalue weighted by molar-refractivity contribution is -0.124. The maximum absolute atomic E-state index is 11.2. The van der Waals surface area contributed by atoms with Crippen LogP contribution in [0.2, 0.25) is 0 Å². The Morgan fingerprint density at radius 3 is 2.73 bits per heavy atom. The lowest BCUT2D eigenvalue weighted by Crippen LogP contribution is -2.24. The van der Waals surface area contributed by atoms with Gasteiger partial charge in [0.1, 0.15) is 0 Å². The third-order valence-electron chi connectivity index (χ3n) is 2.03. The van der Waals surface area contributed by atoms with Crippen LogP contribution in [0.25, 0.3) is 0 Å². The third kappa shape index (κ3) is 2.33. The quantitative estimate of drug-likeness (QED) is 0.472. The second-order valence-corrected chi connectivity index (χ2v) is 2.84. The molecule has 0 bridgehead atoms. The maximum atomic E-state index is 11.2. The van der Waals surface area contributed by atoms with Crippen LogP contribution in [0, 0.1) is 5.92 Å². The molecule has 1 saturated carbocycles. The highest BCUT2D eigenvalue weighted by Crippen LogP contribution is 2.24. The maximum Gasteiger partial charge on any atom is 0.243 e. The van der Waals surface area contributed by atoms with E-state index >= 15 is 0 Å². The van der Waals surface area contributed by atoms with E-state index in [2.05, 4.69) is 10.5 Å². The minimum atomic E-state index is 0.0839. The van der Waals surface area contributed by atoms with E-state index in [1.165, 1.54) is 12.8 Å². The van der Waals surface area contributed by atoms with Crippen molar-refractivity contribution in [2.24, 2.45) is 11.0 Å². The summed E-state index contributed by atoms with van der Waals surface area (Å²) < 4.78 is 0. The first kappa shape index (κ1) is 8.24. The zero-order valence-electron chi connectivity index (χ0n) is 6.84. The van der Waals surface area contributed by atoms with Gasteiger partial charge in [-0.3, -0.25) is 4.79 Å². The SMILES string of the molecule is C/C=N/NC(=O)C1CCCC1. The summed E-state index contributed by atoms with van der Waals surface area (Å²) in [4.78, 5) is 11.2. The molecule has 0 radical (unpaired) electrons. The minimum Gasteiger partial charge on any atom is -0.273 e. The first-order chi connectivity index (χ1) is 5.34. The van der Waals surface area contributed by atoms with Crippen molar-refractivity contribution in [1.29, 1.82) is 0 Å². The van der Waals surface area contributed by atoms with Crippen LogP contribution in [-0.4, -0.2) is 12.1 Å². The number of hydrazone groups is 1. The van der Waals surface area contributed by atoms with E-state index in [9.17, 15) is 4.79 Å². The van der Waals surface area contributed by atoms with Crippen molar-refractivity contribution >= 4 is 12.1 Å². The standard InChI is InChI=1S/C8H14N2O/c1-2-9-10-8(11)7-5-3-4-6-7/h2,7H,3-6H2,1H3,(H,10,11)/b9-2+. The molecule has 0 heterocycles. The molecular weight excluding hydrogens is 140 g/mol. The van der Waals surface area contributed by atoms with Gasteiger partial charge in [0, 0.05) is 12.1 Å². The summed E-state index contributed by atoms with van der Waals surface area (Å²) in [7, 11) is 0. The monoisotopic (exact) mass is 154 g/mol. The van der Waals surface area contributed by atoms with Crippen molar-refractivity contribution in [3.05, 3.63) is 0 Å². The van der Waals surface area contributed by atoms with Crippen LogP contribution in [0.1, 0.15) is 32.6 Å². The summed E-state index contributed by atoms with van der Waals surface area (Å²) in [6.07, 6.45) is 6.03. The van der Waals surface area contributed by atoms with Gasteiger partial charge in [-0.05, 0) is 19.8 Å². The molecule has 3 heteroatoms. The zero-order valence-corrected chi connectivity index (χ0v) is 6.84. The molecular formula is C8H14N2O. The predicted molar refractivity (Wildman–Crippen MR) is 44.3 cm³/mol. The van der Waals surface area contributed by atoms with Gasteiger partial charge >= 0.3 is 0 Å². The Morgan fingerprint density at radius 1 is 1.55 bits per heavy atom. The Morgan fingerprint density at radius 2 is 2.18 bits per heavy atom. The van der Waals surface area contributed by atoms with Crippen molar-refractivity contribution in [2.75, 3.05) is 0 Å². The number of carbonyl (C=O) groups excluding carboxylic acids is 1. The van der Waals surface area contributed by atoms with Crippen LogP contribution >= 0.6 is 0 Å². The molecule has 11 heavy (non-hydrogen) atoms. The second-order valence-electron chi connectivity index (χ2n) is 2.84. The van der Waals surface area contributed by atoms with Gasteiger partial charge in [-0.25, -0.2) is 5.43 Å². The van der Waals surface area contributed by atoms with E-state index in [0.717, 1.165) is 12.8 Å². The van der Waals surface area contributed by atoms with Crippen molar-refractivity contribution < 1.29 is 4.79 Å². The summed E-state index contributed by atoms with van der Waals surface area (Å²) in [6, 6.07) is 0. The molecule has 1 rings (SSSR count). The number of nitrogens with one attached hydrogen (secondary N) is 1. The van der Waals surface area contributed by atoms with Crippen LogP contribution in [0.5, 0.6) is 0 Å². The normalized spacial score (nSPS) is 19.4. The van der Waals surface area contributed by atoms with Gasteiger partial charge in [-0.1, -0.05) is 12.8 Å². The molecule has 0 spiro atoms. The molecule has 62 valence electrons. The highest BCUT2D eigenvalue weighted by Gasteiger charge is 2.21. The Labute approximate surface area is 66.9 Å². The van der Waals surface area contributed by atoms with E-state index in [1.54, 1.807) is 13.1 Å². The van der Waals surface area contributed by atoms with Gasteiger partial charge < -0.3 is 0 Å². The number of amides is 1. The summed E-state index contributed by atoms with van der Waals surface area (Å²) in [6.45, 7) is 1.79. The highest BCUT2D eigenvalue weighted by atomic mass is 16.2. The molecule has 0 aromatic heterocycles. The van der Waals surface area contributed by atoms with Crippen molar-refractivity contribution in [3.63, 3.8) is 0 Å². The molecule has 0 aromatic carbocycles. The molecule has 0 saturated heterocycles. The molecule has 0 aliphatic heterocycles. The van der Waals surface area contributed by atoms with Crippen LogP contribution in [0.15, 0.2) is 5.10 Å². The van der Waals surface area contributed by atoms with E-state index in [4.69, 9.17) is 0 Å². The molecule has 0 atom stereocenters. The molecule has 0 aromatic rings. The van der Waals surface area contributed by atoms with Gasteiger partial charge in [0.2, 0.25) is 5.91 Å². The van der Waals surface area contributed by atoms with Crippen LogP contribution in [-0.2, 0) is 4.79 Å². The average molecular weight is 154 g/mol. The van der Waals surface area contributed by atoms with Crippen molar-refractivity contribution in [3.8, 4) is 0 Å². The highest BCUT2D eigenvalue weighted by molar-refractivity contribution is 5.79. The first-order valence-corrected chi connectivity index (χ1v) is 4.12. The molecule has 1 amide bonds. The zero-order chi connectivity index (χ0) is 8.10. The van der Waals surface area contributed by atoms with Crippen molar-refractivity contribution in [2.45, 2.75) is 32.6 Å². The topological polar surface area (TPSA) is 41.5 Å². The minimum absolute atomic E-state index is 0.0839. The number of carbonyl (C=O) groups is 1. The summed E-state index contributed by atoms with van der Waals surface area (Å²) in [5.41, 5.74) is 2.50. The lowest BCUT2D eigenvalue weighted by atomic mass is 10.1. The third-order valence-corrected chi connectivity index (χ3v) is 2.03. The van der Waals surface area contributed by atoms with Gasteiger partial charge in [0.15, 0.2) is 0 Å². The summed E-state index contributed by atoms with van der Waals surface area (Å²) in [5, 5.41) is 3.69. The Balaban J connectivity index is 2.28. The molecule has 1 N–H and O–H groups in total. The number of nitrogens with zero attached hydrogens (tertiary/aromatic N) is 1. The first-order valence-electron chi connectivity index (χ1n) is 4.12. The van der Waals surface area contributed by atoms with Gasteiger partial charge in [0.05, 0.1) is 0 Å². The fraction of sp³-hybridized carbons (Fsp3) is 0.750. The van der Waals surface area contributed by atoms with Crippen LogP contribution in [0.3, 0.4) is 0 Å². The largest absolute Gasteiger partial charge is 0.273 e. The fourth-order valence-corrected chi connectivity index (χ4v) is 1.41. The predicted octanol–water partition coefficient (Wildman–Crippen LogP) is 1.30. The van der Waals surface area contributed by atoms with Gasteiger partial charge in [-0.15, -0.1) is 0 Å². The van der Waals surface area contributed by atoms with Crippen LogP contribution in [0.4, 0.5) is 0 Å². The van der Waals surface area contributed by atoms with Crippen molar-refractivity contribution in [1.82, 2.24) is 5.43 Å². The average Bonchev–Trinajstić information content (AvgIpc) is 2.52. The Kier molecular flexibility index (Phi) is 3.08. The molecule has 1 fully saturated rings. The van der Waals surface area contributed by atoms with E-state index in [-0.39, 0.29) is 11.8 Å². The van der Waals surface area contributed by atoms with Gasteiger partial charge in [-0.2, -0.15) is 5.10 Å². The lowest BCUT2D eigenvalue weighted by Gasteiger charge is -2.04. The Hall–Kier alpha value is -0.860. The van der Waals surface area contributed by atoms with Gasteiger partial charge in [0.25, 0.3) is 0 Å². The Bertz CT molecular complexity index is 159. The molecule has 1 aliphatic rings.